The molecule has 0 fully saturated rings. The molecule has 0 radical (unpaired) electrons. The minimum Gasteiger partial charge on any atom is -0.464 e. The van der Waals surface area contributed by atoms with Crippen molar-refractivity contribution in [2.45, 2.75) is 0 Å². The summed E-state index contributed by atoms with van der Waals surface area (Å²) in [6.07, 6.45) is 8.58. The lowest BCUT2D eigenvalue weighted by molar-refractivity contribution is 0.582. The summed E-state index contributed by atoms with van der Waals surface area (Å²) in [5, 5.41) is 0. The van der Waals surface area contributed by atoms with E-state index in [0.717, 1.165) is 11.3 Å². The Balaban J connectivity index is 2.59. The first kappa shape index (κ1) is 7.63. The summed E-state index contributed by atoms with van der Waals surface area (Å²) in [5.41, 5.74) is 1.47. The molecule has 0 unspecified atom stereocenters. The Morgan fingerprint density at radius 3 is 2.92 bits per heavy atom. The van der Waals surface area contributed by atoms with E-state index in [-0.39, 0.29) is 0 Å². The molecule has 0 atom stereocenters. The van der Waals surface area contributed by atoms with Crippen LogP contribution in [0.15, 0.2) is 41.1 Å². The van der Waals surface area contributed by atoms with Crippen LogP contribution in [-0.4, -0.2) is 4.98 Å². The number of rotatable bonds is 1. The zero-order valence-electron chi connectivity index (χ0n) is 6.90. The second-order valence-corrected chi connectivity index (χ2v) is 2.52. The Labute approximate surface area is 76.2 Å². The summed E-state index contributed by atoms with van der Waals surface area (Å²) in [7, 11) is 0. The summed E-state index contributed by atoms with van der Waals surface area (Å²) in [6.45, 7) is 0. The highest BCUT2D eigenvalue weighted by Crippen LogP contribution is 2.21. The third kappa shape index (κ3) is 1.32. The highest BCUT2D eigenvalue weighted by atomic mass is 16.3. The fourth-order valence-corrected chi connectivity index (χ4v) is 1.15. The molecule has 0 N–H and O–H groups in total. The Morgan fingerprint density at radius 1 is 1.31 bits per heavy atom. The maximum Gasteiger partial charge on any atom is 0.136 e. The van der Waals surface area contributed by atoms with Gasteiger partial charge in [0.25, 0.3) is 0 Å². The van der Waals surface area contributed by atoms with E-state index in [1.165, 1.54) is 0 Å². The SMILES string of the molecule is C#Cc1ncccc1-c1ccco1. The largest absolute Gasteiger partial charge is 0.464 e. The molecule has 2 aromatic heterocycles. The Morgan fingerprint density at radius 2 is 2.23 bits per heavy atom. The lowest BCUT2D eigenvalue weighted by Gasteiger charge is -1.98. The van der Waals surface area contributed by atoms with E-state index in [9.17, 15) is 0 Å². The van der Waals surface area contributed by atoms with Gasteiger partial charge >= 0.3 is 0 Å². The van der Waals surface area contributed by atoms with E-state index in [2.05, 4.69) is 10.9 Å². The number of furan rings is 1. The highest BCUT2D eigenvalue weighted by Gasteiger charge is 2.04. The molecule has 0 aliphatic carbocycles. The molecule has 0 spiro atoms. The van der Waals surface area contributed by atoms with Crippen molar-refractivity contribution in [2.24, 2.45) is 0 Å². The first-order valence-electron chi connectivity index (χ1n) is 3.87. The first-order chi connectivity index (χ1) is 6.42. The minimum atomic E-state index is 0.609. The molecule has 0 saturated carbocycles. The lowest BCUT2D eigenvalue weighted by atomic mass is 10.1. The summed E-state index contributed by atoms with van der Waals surface area (Å²) in [4.78, 5) is 4.06. The van der Waals surface area contributed by atoms with Gasteiger partial charge in [-0.25, -0.2) is 4.98 Å². The fraction of sp³-hybridized carbons (Fsp3) is 0. The number of terminal acetylenes is 1. The Kier molecular flexibility index (Phi) is 1.85. The van der Waals surface area contributed by atoms with Gasteiger partial charge < -0.3 is 4.42 Å². The van der Waals surface area contributed by atoms with Crippen LogP contribution in [0.25, 0.3) is 11.3 Å². The van der Waals surface area contributed by atoms with E-state index >= 15 is 0 Å². The third-order valence-corrected chi connectivity index (χ3v) is 1.73. The molecule has 2 nitrogen and oxygen atoms in total. The van der Waals surface area contributed by atoms with Crippen molar-refractivity contribution >= 4 is 0 Å². The van der Waals surface area contributed by atoms with E-state index in [1.807, 2.05) is 24.3 Å². The van der Waals surface area contributed by atoms with Crippen molar-refractivity contribution in [3.05, 3.63) is 42.4 Å². The molecule has 2 heteroatoms. The Bertz CT molecular complexity index is 437. The summed E-state index contributed by atoms with van der Waals surface area (Å²) < 4.78 is 5.23. The van der Waals surface area contributed by atoms with Gasteiger partial charge in [0.15, 0.2) is 0 Å². The second-order valence-electron chi connectivity index (χ2n) is 2.52. The van der Waals surface area contributed by atoms with E-state index in [4.69, 9.17) is 10.8 Å². The molecule has 0 saturated heterocycles. The molecule has 2 heterocycles. The summed E-state index contributed by atoms with van der Waals surface area (Å²) in [6, 6.07) is 7.40. The second kappa shape index (κ2) is 3.16. The summed E-state index contributed by atoms with van der Waals surface area (Å²) in [5.74, 6) is 3.26. The molecular weight excluding hydrogens is 162 g/mol. The van der Waals surface area contributed by atoms with Crippen LogP contribution in [0.1, 0.15) is 5.69 Å². The first-order valence-corrected chi connectivity index (χ1v) is 3.87. The third-order valence-electron chi connectivity index (χ3n) is 1.73. The smallest absolute Gasteiger partial charge is 0.136 e. The van der Waals surface area contributed by atoms with Crippen molar-refractivity contribution in [1.29, 1.82) is 0 Å². The van der Waals surface area contributed by atoms with E-state index < -0.39 is 0 Å². The van der Waals surface area contributed by atoms with Crippen LogP contribution in [-0.2, 0) is 0 Å². The number of nitrogens with zero attached hydrogens (tertiary/aromatic N) is 1. The van der Waals surface area contributed by atoms with E-state index in [0.29, 0.717) is 5.69 Å². The Hall–Kier alpha value is -2.01. The predicted molar refractivity (Wildman–Crippen MR) is 49.9 cm³/mol. The summed E-state index contributed by atoms with van der Waals surface area (Å²) >= 11 is 0. The van der Waals surface area contributed by atoms with Gasteiger partial charge in [0, 0.05) is 6.20 Å². The van der Waals surface area contributed by atoms with Gasteiger partial charge in [0.1, 0.15) is 11.5 Å². The van der Waals surface area contributed by atoms with E-state index in [1.54, 1.807) is 12.5 Å². The van der Waals surface area contributed by atoms with Gasteiger partial charge in [-0.2, -0.15) is 0 Å². The number of hydrogen-bond acceptors (Lipinski definition) is 2. The van der Waals surface area contributed by atoms with Crippen molar-refractivity contribution in [1.82, 2.24) is 4.98 Å². The number of pyridine rings is 1. The van der Waals surface area contributed by atoms with Gasteiger partial charge in [-0.3, -0.25) is 0 Å². The molecule has 2 rings (SSSR count). The topological polar surface area (TPSA) is 26.0 Å². The van der Waals surface area contributed by atoms with Crippen LogP contribution in [0.3, 0.4) is 0 Å². The molecular formula is C11H7NO. The average molecular weight is 169 g/mol. The van der Waals surface area contributed by atoms with Crippen molar-refractivity contribution in [3.8, 4) is 23.7 Å². The van der Waals surface area contributed by atoms with Crippen molar-refractivity contribution in [3.63, 3.8) is 0 Å². The van der Waals surface area contributed by atoms with Crippen LogP contribution in [0.4, 0.5) is 0 Å². The zero-order valence-corrected chi connectivity index (χ0v) is 6.90. The van der Waals surface area contributed by atoms with Gasteiger partial charge in [-0.1, -0.05) is 0 Å². The monoisotopic (exact) mass is 169 g/mol. The highest BCUT2D eigenvalue weighted by molar-refractivity contribution is 5.63. The van der Waals surface area contributed by atoms with Crippen LogP contribution in [0, 0.1) is 12.3 Å². The van der Waals surface area contributed by atoms with Crippen LogP contribution >= 0.6 is 0 Å². The van der Waals surface area contributed by atoms with Gasteiger partial charge in [0.05, 0.1) is 11.8 Å². The van der Waals surface area contributed by atoms with Crippen LogP contribution in [0.2, 0.25) is 0 Å². The van der Waals surface area contributed by atoms with Crippen molar-refractivity contribution < 1.29 is 4.42 Å². The minimum absolute atomic E-state index is 0.609. The van der Waals surface area contributed by atoms with Gasteiger partial charge in [-0.05, 0) is 30.2 Å². The normalized spacial score (nSPS) is 9.46. The zero-order chi connectivity index (χ0) is 9.10. The van der Waals surface area contributed by atoms with Crippen LogP contribution in [0.5, 0.6) is 0 Å². The fourth-order valence-electron chi connectivity index (χ4n) is 1.15. The maximum absolute atomic E-state index is 5.30. The van der Waals surface area contributed by atoms with Gasteiger partial charge in [-0.15, -0.1) is 6.42 Å². The van der Waals surface area contributed by atoms with Crippen molar-refractivity contribution in [2.75, 3.05) is 0 Å². The lowest BCUT2D eigenvalue weighted by Crippen LogP contribution is -1.85. The molecule has 0 aromatic carbocycles. The average Bonchev–Trinajstić information content (AvgIpc) is 2.70. The molecule has 0 amide bonds. The maximum atomic E-state index is 5.30. The molecule has 0 aliphatic rings. The molecule has 13 heavy (non-hydrogen) atoms. The molecule has 0 bridgehead atoms. The quantitative estimate of drug-likeness (QED) is 0.612. The molecule has 2 aromatic rings. The number of aromatic nitrogens is 1. The van der Waals surface area contributed by atoms with Crippen LogP contribution < -0.4 is 0 Å². The van der Waals surface area contributed by atoms with Gasteiger partial charge in [0.2, 0.25) is 0 Å². The number of hydrogen-bond donors (Lipinski definition) is 0. The molecule has 0 aliphatic heterocycles. The molecule has 62 valence electrons. The predicted octanol–water partition coefficient (Wildman–Crippen LogP) is 2.32. The standard InChI is InChI=1S/C11H7NO/c1-2-10-9(5-3-7-12-10)11-6-4-8-13-11/h1,3-8H.